The zero-order chi connectivity index (χ0) is 15.8. The molecule has 0 unspecified atom stereocenters. The summed E-state index contributed by atoms with van der Waals surface area (Å²) in [6.07, 6.45) is 1.35. The standard InChI is InChI=1S/C18H25NO2/c1-5-11-19(14(2)3)18(21)17-10-9-15(4)13-16(17)8-6-7-12-20/h9-10,13-14,20H,5,7,11-12H2,1-4H3. The highest BCUT2D eigenvalue weighted by Crippen LogP contribution is 2.15. The maximum atomic E-state index is 12.7. The van der Waals surface area contributed by atoms with Gasteiger partial charge in [-0.05, 0) is 44.9 Å². The summed E-state index contributed by atoms with van der Waals surface area (Å²) in [5, 5.41) is 8.83. The Hall–Kier alpha value is -1.79. The molecule has 3 heteroatoms. The van der Waals surface area contributed by atoms with Gasteiger partial charge < -0.3 is 10.0 Å². The lowest BCUT2D eigenvalue weighted by molar-refractivity contribution is 0.0705. The summed E-state index contributed by atoms with van der Waals surface area (Å²) in [6.45, 7) is 8.89. The van der Waals surface area contributed by atoms with Gasteiger partial charge in [-0.3, -0.25) is 4.79 Å². The first-order chi connectivity index (χ1) is 10.0. The molecule has 0 fully saturated rings. The maximum Gasteiger partial charge on any atom is 0.255 e. The minimum absolute atomic E-state index is 0.0279. The van der Waals surface area contributed by atoms with Crippen LogP contribution in [0.1, 0.15) is 55.1 Å². The van der Waals surface area contributed by atoms with Crippen molar-refractivity contribution in [3.05, 3.63) is 34.9 Å². The van der Waals surface area contributed by atoms with Gasteiger partial charge >= 0.3 is 0 Å². The summed E-state index contributed by atoms with van der Waals surface area (Å²) in [4.78, 5) is 14.6. The van der Waals surface area contributed by atoms with Crippen LogP contribution in [-0.2, 0) is 0 Å². The van der Waals surface area contributed by atoms with Crippen molar-refractivity contribution in [2.24, 2.45) is 0 Å². The van der Waals surface area contributed by atoms with Crippen molar-refractivity contribution < 1.29 is 9.90 Å². The van der Waals surface area contributed by atoms with Crippen LogP contribution in [-0.4, -0.2) is 35.1 Å². The summed E-state index contributed by atoms with van der Waals surface area (Å²) in [7, 11) is 0. The molecule has 0 heterocycles. The molecule has 0 aromatic heterocycles. The van der Waals surface area contributed by atoms with Gasteiger partial charge in [0.2, 0.25) is 0 Å². The van der Waals surface area contributed by atoms with Crippen LogP contribution in [0.15, 0.2) is 18.2 Å². The number of carbonyl (C=O) groups is 1. The lowest BCUT2D eigenvalue weighted by Crippen LogP contribution is -2.37. The molecule has 0 bridgehead atoms. The van der Waals surface area contributed by atoms with Crippen molar-refractivity contribution in [3.8, 4) is 11.8 Å². The first kappa shape index (κ1) is 17.3. The van der Waals surface area contributed by atoms with E-state index < -0.39 is 0 Å². The quantitative estimate of drug-likeness (QED) is 0.846. The normalized spacial score (nSPS) is 10.2. The number of carbonyl (C=O) groups excluding carboxylic acids is 1. The second-order valence-corrected chi connectivity index (χ2v) is 5.42. The monoisotopic (exact) mass is 287 g/mol. The van der Waals surface area contributed by atoms with Crippen LogP contribution in [0.25, 0.3) is 0 Å². The van der Waals surface area contributed by atoms with Crippen LogP contribution >= 0.6 is 0 Å². The van der Waals surface area contributed by atoms with Crippen molar-refractivity contribution in [3.63, 3.8) is 0 Å². The predicted molar refractivity (Wildman–Crippen MR) is 86.2 cm³/mol. The fourth-order valence-corrected chi connectivity index (χ4v) is 2.15. The Morgan fingerprint density at radius 2 is 2.10 bits per heavy atom. The van der Waals surface area contributed by atoms with Crippen LogP contribution in [0, 0.1) is 18.8 Å². The van der Waals surface area contributed by atoms with Gasteiger partial charge in [0, 0.05) is 24.6 Å². The van der Waals surface area contributed by atoms with Crippen LogP contribution in [0.2, 0.25) is 0 Å². The number of aliphatic hydroxyl groups is 1. The van der Waals surface area contributed by atoms with Gasteiger partial charge in [0.25, 0.3) is 5.91 Å². The van der Waals surface area contributed by atoms with Crippen molar-refractivity contribution >= 4 is 5.91 Å². The van der Waals surface area contributed by atoms with Gasteiger partial charge in [0.05, 0.1) is 12.2 Å². The smallest absolute Gasteiger partial charge is 0.255 e. The second-order valence-electron chi connectivity index (χ2n) is 5.42. The maximum absolute atomic E-state index is 12.7. The Bertz CT molecular complexity index is 538. The first-order valence-electron chi connectivity index (χ1n) is 7.52. The van der Waals surface area contributed by atoms with Crippen molar-refractivity contribution in [2.45, 2.75) is 46.6 Å². The van der Waals surface area contributed by atoms with Crippen LogP contribution in [0.5, 0.6) is 0 Å². The zero-order valence-corrected chi connectivity index (χ0v) is 13.4. The van der Waals surface area contributed by atoms with Crippen molar-refractivity contribution in [1.29, 1.82) is 0 Å². The first-order valence-corrected chi connectivity index (χ1v) is 7.52. The molecule has 0 spiro atoms. The van der Waals surface area contributed by atoms with Gasteiger partial charge in [-0.2, -0.15) is 0 Å². The molecule has 1 aromatic carbocycles. The van der Waals surface area contributed by atoms with E-state index in [-0.39, 0.29) is 18.6 Å². The van der Waals surface area contributed by atoms with E-state index in [0.717, 1.165) is 24.1 Å². The molecule has 0 aliphatic rings. The third-order valence-corrected chi connectivity index (χ3v) is 3.21. The minimum atomic E-state index is 0.0279. The van der Waals surface area contributed by atoms with E-state index in [1.807, 2.05) is 43.9 Å². The lowest BCUT2D eigenvalue weighted by atomic mass is 10.0. The summed E-state index contributed by atoms with van der Waals surface area (Å²) >= 11 is 0. The Kier molecular flexibility index (Phi) is 6.98. The van der Waals surface area contributed by atoms with E-state index in [1.165, 1.54) is 0 Å². The number of hydrogen-bond acceptors (Lipinski definition) is 2. The number of nitrogens with zero attached hydrogens (tertiary/aromatic N) is 1. The molecule has 0 radical (unpaired) electrons. The SMILES string of the molecule is CCCN(C(=O)c1ccc(C)cc1C#CCCO)C(C)C. The van der Waals surface area contributed by atoms with E-state index in [1.54, 1.807) is 0 Å². The van der Waals surface area contributed by atoms with Gasteiger partial charge in [-0.25, -0.2) is 0 Å². The molecular formula is C18H25NO2. The molecule has 1 aromatic rings. The number of rotatable bonds is 5. The molecule has 1 rings (SSSR count). The van der Waals surface area contributed by atoms with E-state index >= 15 is 0 Å². The average molecular weight is 287 g/mol. The third-order valence-electron chi connectivity index (χ3n) is 3.21. The number of aliphatic hydroxyl groups excluding tert-OH is 1. The number of benzene rings is 1. The Morgan fingerprint density at radius 3 is 2.67 bits per heavy atom. The summed E-state index contributed by atoms with van der Waals surface area (Å²) < 4.78 is 0. The van der Waals surface area contributed by atoms with Crippen LogP contribution in [0.4, 0.5) is 0 Å². The second kappa shape index (κ2) is 8.49. The molecule has 0 saturated heterocycles. The number of amides is 1. The van der Waals surface area contributed by atoms with Crippen molar-refractivity contribution in [2.75, 3.05) is 13.2 Å². The highest BCUT2D eigenvalue weighted by atomic mass is 16.2. The molecule has 0 aliphatic heterocycles. The molecule has 114 valence electrons. The largest absolute Gasteiger partial charge is 0.395 e. The molecule has 3 nitrogen and oxygen atoms in total. The van der Waals surface area contributed by atoms with Gasteiger partial charge in [0.15, 0.2) is 0 Å². The van der Waals surface area contributed by atoms with Gasteiger partial charge in [-0.1, -0.05) is 24.8 Å². The highest BCUT2D eigenvalue weighted by Gasteiger charge is 2.20. The molecule has 1 N–H and O–H groups in total. The van der Waals surface area contributed by atoms with Crippen LogP contribution < -0.4 is 0 Å². The Balaban J connectivity index is 3.16. The molecule has 1 amide bonds. The number of hydrogen-bond donors (Lipinski definition) is 1. The van der Waals surface area contributed by atoms with E-state index in [0.29, 0.717) is 12.0 Å². The fourth-order valence-electron chi connectivity index (χ4n) is 2.15. The highest BCUT2D eigenvalue weighted by molar-refractivity contribution is 5.97. The number of aryl methyl sites for hydroxylation is 1. The van der Waals surface area contributed by atoms with Gasteiger partial charge in [-0.15, -0.1) is 0 Å². The minimum Gasteiger partial charge on any atom is -0.395 e. The average Bonchev–Trinajstić information content (AvgIpc) is 2.44. The van der Waals surface area contributed by atoms with E-state index in [9.17, 15) is 4.79 Å². The lowest BCUT2D eigenvalue weighted by Gasteiger charge is -2.27. The van der Waals surface area contributed by atoms with Crippen LogP contribution in [0.3, 0.4) is 0 Å². The fraction of sp³-hybridized carbons (Fsp3) is 0.500. The molecule has 0 atom stereocenters. The topological polar surface area (TPSA) is 40.5 Å². The van der Waals surface area contributed by atoms with E-state index in [2.05, 4.69) is 18.8 Å². The predicted octanol–water partition coefficient (Wildman–Crippen LogP) is 2.99. The molecule has 21 heavy (non-hydrogen) atoms. The van der Waals surface area contributed by atoms with Crippen molar-refractivity contribution in [1.82, 2.24) is 4.90 Å². The summed E-state index contributed by atoms with van der Waals surface area (Å²) in [6, 6.07) is 5.89. The Morgan fingerprint density at radius 1 is 1.38 bits per heavy atom. The molecule has 0 aliphatic carbocycles. The van der Waals surface area contributed by atoms with Gasteiger partial charge in [0.1, 0.15) is 0 Å². The zero-order valence-electron chi connectivity index (χ0n) is 13.4. The Labute approximate surface area is 128 Å². The molecular weight excluding hydrogens is 262 g/mol. The third kappa shape index (κ3) is 4.91. The van der Waals surface area contributed by atoms with E-state index in [4.69, 9.17) is 5.11 Å². The summed E-state index contributed by atoms with van der Waals surface area (Å²) in [5.74, 6) is 5.95. The molecule has 0 saturated carbocycles. The summed E-state index contributed by atoms with van der Waals surface area (Å²) in [5.41, 5.74) is 2.47.